The zero-order valence-corrected chi connectivity index (χ0v) is 11.6. The number of aryl methyl sites for hydroxylation is 1. The summed E-state index contributed by atoms with van der Waals surface area (Å²) in [5.74, 6) is 0.755. The van der Waals surface area contributed by atoms with E-state index in [0.717, 1.165) is 0 Å². The molecule has 0 bridgehead atoms. The lowest BCUT2D eigenvalue weighted by molar-refractivity contribution is 0.216. The first-order chi connectivity index (χ1) is 10.1. The molecule has 0 amide bonds. The van der Waals surface area contributed by atoms with Gasteiger partial charge in [-0.05, 0) is 36.1 Å². The molecule has 2 aromatic rings. The number of ether oxygens (including phenoxy) is 2. The van der Waals surface area contributed by atoms with Gasteiger partial charge in [0, 0.05) is 6.07 Å². The minimum absolute atomic E-state index is 0.285. The third-order valence-corrected chi connectivity index (χ3v) is 2.94. The average Bonchev–Trinajstić information content (AvgIpc) is 2.47. The van der Waals surface area contributed by atoms with Crippen LogP contribution in [0.25, 0.3) is 0 Å². The number of rotatable bonds is 6. The topological polar surface area (TPSA) is 58.9 Å². The lowest BCUT2D eigenvalue weighted by Gasteiger charge is -2.09. The Bertz CT molecular complexity index is 587. The predicted octanol–water partition coefficient (Wildman–Crippen LogP) is 1.27. The third kappa shape index (κ3) is 4.48. The highest BCUT2D eigenvalue weighted by atomic mass is 19.1. The Morgan fingerprint density at radius 3 is 2.10 bits per heavy atom. The Morgan fingerprint density at radius 1 is 0.952 bits per heavy atom. The van der Waals surface area contributed by atoms with Gasteiger partial charge in [-0.15, -0.1) is 0 Å². The van der Waals surface area contributed by atoms with Crippen molar-refractivity contribution in [3.8, 4) is 11.5 Å². The molecular weight excluding hydrogens is 274 g/mol. The molecule has 21 heavy (non-hydrogen) atoms. The summed E-state index contributed by atoms with van der Waals surface area (Å²) >= 11 is 0. The maximum absolute atomic E-state index is 13.3. The fourth-order valence-electron chi connectivity index (χ4n) is 1.72. The van der Waals surface area contributed by atoms with Gasteiger partial charge in [-0.3, -0.25) is 0 Å². The third-order valence-electron chi connectivity index (χ3n) is 2.94. The average molecular weight is 290 g/mol. The molecule has 2 rings (SSSR count). The van der Waals surface area contributed by atoms with E-state index in [2.05, 4.69) is 0 Å². The van der Waals surface area contributed by atoms with Crippen LogP contribution in [0, 0.1) is 12.7 Å². The maximum Gasteiger partial charge on any atom is 0.488 e. The zero-order valence-electron chi connectivity index (χ0n) is 11.6. The summed E-state index contributed by atoms with van der Waals surface area (Å²) in [7, 11) is -1.49. The van der Waals surface area contributed by atoms with E-state index in [1.165, 1.54) is 6.07 Å². The fourth-order valence-corrected chi connectivity index (χ4v) is 1.72. The standard InChI is InChI=1S/C15H16BFO4/c1-11-2-5-14(10-15(11)17)21-9-8-20-13-6-3-12(4-7-13)16(18)19/h2-7,10,18-19H,8-9H2,1H3. The highest BCUT2D eigenvalue weighted by Crippen LogP contribution is 2.15. The van der Waals surface area contributed by atoms with Gasteiger partial charge < -0.3 is 19.5 Å². The molecule has 2 N–H and O–H groups in total. The van der Waals surface area contributed by atoms with E-state index in [-0.39, 0.29) is 12.4 Å². The van der Waals surface area contributed by atoms with E-state index in [1.54, 1.807) is 43.3 Å². The van der Waals surface area contributed by atoms with Crippen LogP contribution in [0.3, 0.4) is 0 Å². The van der Waals surface area contributed by atoms with E-state index in [9.17, 15) is 4.39 Å². The molecule has 6 heteroatoms. The van der Waals surface area contributed by atoms with Crippen molar-refractivity contribution in [2.75, 3.05) is 13.2 Å². The van der Waals surface area contributed by atoms with Crippen molar-refractivity contribution >= 4 is 12.6 Å². The first-order valence-corrected chi connectivity index (χ1v) is 6.54. The van der Waals surface area contributed by atoms with Crippen molar-refractivity contribution in [3.63, 3.8) is 0 Å². The number of hydrogen-bond donors (Lipinski definition) is 2. The molecule has 2 aromatic carbocycles. The van der Waals surface area contributed by atoms with Crippen LogP contribution in [0.2, 0.25) is 0 Å². The van der Waals surface area contributed by atoms with E-state index in [1.807, 2.05) is 0 Å². The molecule has 0 radical (unpaired) electrons. The highest BCUT2D eigenvalue weighted by Gasteiger charge is 2.09. The largest absolute Gasteiger partial charge is 0.490 e. The van der Waals surface area contributed by atoms with Crippen molar-refractivity contribution in [3.05, 3.63) is 53.8 Å². The van der Waals surface area contributed by atoms with Gasteiger partial charge in [-0.25, -0.2) is 4.39 Å². The number of halogens is 1. The zero-order chi connectivity index (χ0) is 15.2. The van der Waals surface area contributed by atoms with Crippen molar-refractivity contribution in [1.29, 1.82) is 0 Å². The molecule has 0 aliphatic heterocycles. The summed E-state index contributed by atoms with van der Waals surface area (Å²) in [6.45, 7) is 2.28. The highest BCUT2D eigenvalue weighted by molar-refractivity contribution is 6.58. The van der Waals surface area contributed by atoms with Crippen LogP contribution in [0.15, 0.2) is 42.5 Å². The van der Waals surface area contributed by atoms with E-state index >= 15 is 0 Å². The van der Waals surface area contributed by atoms with Gasteiger partial charge in [0.15, 0.2) is 0 Å². The Morgan fingerprint density at radius 2 is 1.52 bits per heavy atom. The summed E-state index contributed by atoms with van der Waals surface area (Å²) in [5.41, 5.74) is 0.971. The van der Waals surface area contributed by atoms with Gasteiger partial charge in [-0.2, -0.15) is 0 Å². The maximum atomic E-state index is 13.3. The van der Waals surface area contributed by atoms with Crippen molar-refractivity contribution in [1.82, 2.24) is 0 Å². The normalized spacial score (nSPS) is 10.3. The second kappa shape index (κ2) is 7.10. The van der Waals surface area contributed by atoms with Crippen molar-refractivity contribution < 1.29 is 23.9 Å². The van der Waals surface area contributed by atoms with Gasteiger partial charge in [0.05, 0.1) is 0 Å². The minimum Gasteiger partial charge on any atom is -0.490 e. The van der Waals surface area contributed by atoms with Gasteiger partial charge in [0.1, 0.15) is 30.5 Å². The fraction of sp³-hybridized carbons (Fsp3) is 0.200. The Balaban J connectivity index is 1.77. The second-order valence-corrected chi connectivity index (χ2v) is 4.55. The SMILES string of the molecule is Cc1ccc(OCCOc2ccc(B(O)O)cc2)cc1F. The Kier molecular flexibility index (Phi) is 5.19. The summed E-state index contributed by atoms with van der Waals surface area (Å²) in [5, 5.41) is 17.9. The van der Waals surface area contributed by atoms with Gasteiger partial charge >= 0.3 is 7.12 Å². The summed E-state index contributed by atoms with van der Waals surface area (Å²) in [6.07, 6.45) is 0. The molecule has 110 valence electrons. The molecule has 0 aromatic heterocycles. The Labute approximate surface area is 122 Å². The van der Waals surface area contributed by atoms with Gasteiger partial charge in [0.2, 0.25) is 0 Å². The smallest absolute Gasteiger partial charge is 0.488 e. The lowest BCUT2D eigenvalue weighted by atomic mass is 9.80. The molecule has 0 spiro atoms. The molecule has 0 heterocycles. The summed E-state index contributed by atoms with van der Waals surface area (Å²) in [6, 6.07) is 11.1. The number of hydrogen-bond acceptors (Lipinski definition) is 4. The quantitative estimate of drug-likeness (QED) is 0.621. The van der Waals surface area contributed by atoms with Crippen LogP contribution in [-0.2, 0) is 0 Å². The second-order valence-electron chi connectivity index (χ2n) is 4.55. The minimum atomic E-state index is -1.49. The van der Waals surface area contributed by atoms with Gasteiger partial charge in [0.25, 0.3) is 0 Å². The van der Waals surface area contributed by atoms with Crippen LogP contribution in [-0.4, -0.2) is 30.4 Å². The molecule has 0 saturated heterocycles. The predicted molar refractivity (Wildman–Crippen MR) is 78.4 cm³/mol. The summed E-state index contributed by atoms with van der Waals surface area (Å²) < 4.78 is 24.1. The van der Waals surface area contributed by atoms with Crippen LogP contribution >= 0.6 is 0 Å². The molecule has 0 aliphatic carbocycles. The van der Waals surface area contributed by atoms with Crippen LogP contribution in [0.5, 0.6) is 11.5 Å². The first-order valence-electron chi connectivity index (χ1n) is 6.54. The van der Waals surface area contributed by atoms with E-state index in [4.69, 9.17) is 19.5 Å². The van der Waals surface area contributed by atoms with Crippen LogP contribution in [0.4, 0.5) is 4.39 Å². The molecule has 4 nitrogen and oxygen atoms in total. The van der Waals surface area contributed by atoms with Gasteiger partial charge in [-0.1, -0.05) is 18.2 Å². The lowest BCUT2D eigenvalue weighted by Crippen LogP contribution is -2.29. The molecule has 0 unspecified atom stereocenters. The van der Waals surface area contributed by atoms with E-state index < -0.39 is 7.12 Å². The van der Waals surface area contributed by atoms with E-state index in [0.29, 0.717) is 29.1 Å². The van der Waals surface area contributed by atoms with Crippen LogP contribution < -0.4 is 14.9 Å². The Hall–Kier alpha value is -2.05. The molecule has 0 saturated carbocycles. The van der Waals surface area contributed by atoms with Crippen LogP contribution in [0.1, 0.15) is 5.56 Å². The van der Waals surface area contributed by atoms with Crippen molar-refractivity contribution in [2.45, 2.75) is 6.92 Å². The molecule has 0 atom stereocenters. The number of benzene rings is 2. The van der Waals surface area contributed by atoms with Crippen molar-refractivity contribution in [2.24, 2.45) is 0 Å². The molecule has 0 aliphatic rings. The molecule has 0 fully saturated rings. The summed E-state index contributed by atoms with van der Waals surface area (Å²) in [4.78, 5) is 0. The monoisotopic (exact) mass is 290 g/mol. The first kappa shape index (κ1) is 15.3. The molecular formula is C15H16BFO4.